The molecule has 0 saturated carbocycles. The van der Waals surface area contributed by atoms with Gasteiger partial charge in [-0.2, -0.15) is 0 Å². The van der Waals surface area contributed by atoms with Crippen LogP contribution in [0.3, 0.4) is 0 Å². The largest absolute Gasteiger partial charge is 0.488 e. The van der Waals surface area contributed by atoms with Gasteiger partial charge in [0.25, 0.3) is 5.69 Å². The summed E-state index contributed by atoms with van der Waals surface area (Å²) in [4.78, 5) is 14.9. The quantitative estimate of drug-likeness (QED) is 0.685. The van der Waals surface area contributed by atoms with Crippen molar-refractivity contribution in [3.05, 3.63) is 40.1 Å². The van der Waals surface area contributed by atoms with Crippen molar-refractivity contribution in [2.75, 3.05) is 13.1 Å². The van der Waals surface area contributed by atoms with E-state index in [2.05, 4.69) is 10.3 Å². The van der Waals surface area contributed by atoms with Crippen LogP contribution >= 0.6 is 0 Å². The molecule has 104 valence electrons. The molecule has 3 rings (SSSR count). The first-order valence-corrected chi connectivity index (χ1v) is 6.56. The van der Waals surface area contributed by atoms with Crippen LogP contribution in [0.1, 0.15) is 12.1 Å². The zero-order valence-electron chi connectivity index (χ0n) is 11.1. The Morgan fingerprint density at radius 2 is 2.30 bits per heavy atom. The van der Waals surface area contributed by atoms with Gasteiger partial charge in [0, 0.05) is 35.8 Å². The summed E-state index contributed by atoms with van der Waals surface area (Å²) in [7, 11) is 0. The van der Waals surface area contributed by atoms with Crippen molar-refractivity contribution >= 4 is 16.6 Å². The fourth-order valence-electron chi connectivity index (χ4n) is 2.43. The number of benzene rings is 1. The zero-order valence-corrected chi connectivity index (χ0v) is 11.1. The number of non-ortho nitro benzene ring substituents is 1. The van der Waals surface area contributed by atoms with E-state index >= 15 is 0 Å². The van der Waals surface area contributed by atoms with Crippen LogP contribution in [0.2, 0.25) is 0 Å². The molecule has 0 amide bonds. The van der Waals surface area contributed by atoms with E-state index < -0.39 is 4.92 Å². The fraction of sp³-hybridized carbons (Fsp3) is 0.357. The molecular formula is C14H15N3O3. The van der Waals surface area contributed by atoms with Gasteiger partial charge in [0.2, 0.25) is 0 Å². The van der Waals surface area contributed by atoms with Crippen molar-refractivity contribution in [1.29, 1.82) is 0 Å². The summed E-state index contributed by atoms with van der Waals surface area (Å²) in [6.45, 7) is 3.63. The number of ether oxygens (including phenoxy) is 1. The second-order valence-corrected chi connectivity index (χ2v) is 4.95. The molecule has 2 heterocycles. The fourth-order valence-corrected chi connectivity index (χ4v) is 2.43. The molecule has 1 aliphatic rings. The Morgan fingerprint density at radius 3 is 3.00 bits per heavy atom. The third kappa shape index (κ3) is 2.42. The minimum atomic E-state index is -0.403. The van der Waals surface area contributed by atoms with Gasteiger partial charge in [-0.3, -0.25) is 15.1 Å². The smallest absolute Gasteiger partial charge is 0.270 e. The molecule has 1 fully saturated rings. The van der Waals surface area contributed by atoms with Crippen LogP contribution in [0.4, 0.5) is 5.69 Å². The van der Waals surface area contributed by atoms with Crippen molar-refractivity contribution in [3.8, 4) is 5.75 Å². The maximum Gasteiger partial charge on any atom is 0.270 e. The molecular weight excluding hydrogens is 258 g/mol. The molecule has 6 nitrogen and oxygen atoms in total. The maximum absolute atomic E-state index is 10.9. The summed E-state index contributed by atoms with van der Waals surface area (Å²) in [5, 5.41) is 14.8. The van der Waals surface area contributed by atoms with Crippen molar-refractivity contribution in [2.45, 2.75) is 19.4 Å². The molecule has 0 radical (unpaired) electrons. The van der Waals surface area contributed by atoms with E-state index in [9.17, 15) is 10.1 Å². The number of nitrogens with one attached hydrogen (secondary N) is 1. The highest BCUT2D eigenvalue weighted by Gasteiger charge is 2.18. The predicted octanol–water partition coefficient (Wildman–Crippen LogP) is 2.19. The molecule has 1 aromatic heterocycles. The normalized spacial score (nSPS) is 18.4. The lowest BCUT2D eigenvalue weighted by Gasteiger charge is -2.15. The van der Waals surface area contributed by atoms with Crippen LogP contribution in [0.5, 0.6) is 5.75 Å². The summed E-state index contributed by atoms with van der Waals surface area (Å²) >= 11 is 0. The van der Waals surface area contributed by atoms with Crippen LogP contribution in [-0.2, 0) is 0 Å². The summed E-state index contributed by atoms with van der Waals surface area (Å²) in [5.41, 5.74) is 1.61. The Hall–Kier alpha value is -2.21. The Morgan fingerprint density at radius 1 is 1.45 bits per heavy atom. The van der Waals surface area contributed by atoms with Crippen molar-refractivity contribution in [1.82, 2.24) is 10.3 Å². The summed E-state index contributed by atoms with van der Waals surface area (Å²) < 4.78 is 5.98. The summed E-state index contributed by atoms with van der Waals surface area (Å²) in [6, 6.07) is 6.50. The number of pyridine rings is 1. The van der Waals surface area contributed by atoms with E-state index in [1.807, 2.05) is 13.0 Å². The van der Waals surface area contributed by atoms with E-state index in [0.29, 0.717) is 11.1 Å². The summed E-state index contributed by atoms with van der Waals surface area (Å²) in [5.74, 6) is 0.671. The van der Waals surface area contributed by atoms with Gasteiger partial charge in [-0.15, -0.1) is 0 Å². The van der Waals surface area contributed by atoms with Gasteiger partial charge >= 0.3 is 0 Å². The molecule has 20 heavy (non-hydrogen) atoms. The van der Waals surface area contributed by atoms with Crippen molar-refractivity contribution in [3.63, 3.8) is 0 Å². The van der Waals surface area contributed by atoms with Crippen LogP contribution < -0.4 is 10.1 Å². The lowest BCUT2D eigenvalue weighted by molar-refractivity contribution is -0.384. The van der Waals surface area contributed by atoms with Gasteiger partial charge in [-0.1, -0.05) is 0 Å². The molecule has 1 saturated heterocycles. The van der Waals surface area contributed by atoms with Gasteiger partial charge < -0.3 is 10.1 Å². The van der Waals surface area contributed by atoms with E-state index in [0.717, 1.165) is 30.7 Å². The molecule has 1 aliphatic heterocycles. The van der Waals surface area contributed by atoms with Crippen LogP contribution in [-0.4, -0.2) is 29.1 Å². The lowest BCUT2D eigenvalue weighted by Crippen LogP contribution is -2.19. The molecule has 6 heteroatoms. The van der Waals surface area contributed by atoms with Gasteiger partial charge in [0.1, 0.15) is 11.9 Å². The van der Waals surface area contributed by atoms with Gasteiger partial charge in [0.05, 0.1) is 10.4 Å². The highest BCUT2D eigenvalue weighted by Crippen LogP contribution is 2.30. The van der Waals surface area contributed by atoms with Gasteiger partial charge in [-0.25, -0.2) is 0 Å². The number of fused-ring (bicyclic) bond motifs is 1. The van der Waals surface area contributed by atoms with Gasteiger partial charge in [-0.05, 0) is 26.0 Å². The third-order valence-electron chi connectivity index (χ3n) is 3.40. The minimum absolute atomic E-state index is 0.0533. The Labute approximate surface area is 115 Å². The number of hydrogen-bond donors (Lipinski definition) is 1. The average molecular weight is 273 g/mol. The van der Waals surface area contributed by atoms with Crippen LogP contribution in [0, 0.1) is 17.0 Å². The predicted molar refractivity (Wildman–Crippen MR) is 75.0 cm³/mol. The molecule has 1 atom stereocenters. The van der Waals surface area contributed by atoms with E-state index in [1.54, 1.807) is 6.07 Å². The number of rotatable bonds is 3. The molecule has 1 N–H and O–H groups in total. The highest BCUT2D eigenvalue weighted by atomic mass is 16.6. The monoisotopic (exact) mass is 273 g/mol. The lowest BCUT2D eigenvalue weighted by atomic mass is 10.1. The minimum Gasteiger partial charge on any atom is -0.488 e. The second-order valence-electron chi connectivity index (χ2n) is 4.95. The van der Waals surface area contributed by atoms with Crippen molar-refractivity contribution < 1.29 is 9.66 Å². The first kappa shape index (κ1) is 12.8. The molecule has 0 aliphatic carbocycles. The number of nitrogens with zero attached hydrogens (tertiary/aromatic N) is 2. The number of nitro benzene ring substituents is 1. The standard InChI is InChI=1S/C14H15N3O3/c1-9-6-14(20-11-4-5-15-8-11)12-7-10(17(18)19)2-3-13(12)16-9/h2-3,6-7,11,15H,4-5,8H2,1H3. The van der Waals surface area contributed by atoms with E-state index in [4.69, 9.17) is 4.74 Å². The third-order valence-corrected chi connectivity index (χ3v) is 3.40. The van der Waals surface area contributed by atoms with Crippen LogP contribution in [0.25, 0.3) is 10.9 Å². The Kier molecular flexibility index (Phi) is 3.23. The Balaban J connectivity index is 2.07. The molecule has 1 unspecified atom stereocenters. The maximum atomic E-state index is 10.9. The number of hydrogen-bond acceptors (Lipinski definition) is 5. The zero-order chi connectivity index (χ0) is 14.1. The molecule has 2 aromatic rings. The number of aryl methyl sites for hydroxylation is 1. The first-order chi connectivity index (χ1) is 9.63. The van der Waals surface area contributed by atoms with Crippen molar-refractivity contribution in [2.24, 2.45) is 0 Å². The molecule has 0 bridgehead atoms. The SMILES string of the molecule is Cc1cc(OC2CCNC2)c2cc([N+](=O)[O-])ccc2n1. The topological polar surface area (TPSA) is 77.3 Å². The second kappa shape index (κ2) is 5.05. The van der Waals surface area contributed by atoms with Gasteiger partial charge in [0.15, 0.2) is 0 Å². The first-order valence-electron chi connectivity index (χ1n) is 6.56. The highest BCUT2D eigenvalue weighted by molar-refractivity contribution is 5.87. The molecule has 1 aromatic carbocycles. The van der Waals surface area contributed by atoms with Crippen LogP contribution in [0.15, 0.2) is 24.3 Å². The summed E-state index contributed by atoms with van der Waals surface area (Å²) in [6.07, 6.45) is 1.05. The number of nitro groups is 1. The average Bonchev–Trinajstić information content (AvgIpc) is 2.91. The van der Waals surface area contributed by atoms with E-state index in [1.165, 1.54) is 12.1 Å². The Bertz CT molecular complexity index is 666. The number of aromatic nitrogens is 1. The molecule has 0 spiro atoms. The van der Waals surface area contributed by atoms with E-state index in [-0.39, 0.29) is 11.8 Å².